The fraction of sp³-hybridized carbons (Fsp3) is 0.824. The zero-order valence-electron chi connectivity index (χ0n) is 14.8. The molecule has 21 heavy (non-hydrogen) atoms. The molecule has 0 saturated carbocycles. The molecule has 4 heteroatoms. The van der Waals surface area contributed by atoms with Gasteiger partial charge in [-0.05, 0) is 45.4 Å². The van der Waals surface area contributed by atoms with Crippen molar-refractivity contribution in [1.82, 2.24) is 15.1 Å². The third-order valence-corrected chi connectivity index (χ3v) is 4.43. The summed E-state index contributed by atoms with van der Waals surface area (Å²) < 4.78 is 1.96. The van der Waals surface area contributed by atoms with Crippen LogP contribution in [0.5, 0.6) is 0 Å². The highest BCUT2D eigenvalue weighted by molar-refractivity contribution is 6.31. The first-order chi connectivity index (χ1) is 9.62. The summed E-state index contributed by atoms with van der Waals surface area (Å²) in [4.78, 5) is 0. The zero-order chi connectivity index (χ0) is 16.3. The molecule has 1 rings (SSSR count). The van der Waals surface area contributed by atoms with E-state index in [1.807, 2.05) is 11.7 Å². The predicted octanol–water partition coefficient (Wildman–Crippen LogP) is 4.37. The molecule has 1 aromatic rings. The van der Waals surface area contributed by atoms with E-state index in [0.29, 0.717) is 0 Å². The summed E-state index contributed by atoms with van der Waals surface area (Å²) in [5.41, 5.74) is 2.52. The van der Waals surface area contributed by atoms with Crippen LogP contribution in [0, 0.1) is 5.41 Å². The number of nitrogens with zero attached hydrogens (tertiary/aromatic N) is 2. The zero-order valence-corrected chi connectivity index (χ0v) is 15.6. The van der Waals surface area contributed by atoms with E-state index in [0.717, 1.165) is 30.1 Å². The van der Waals surface area contributed by atoms with E-state index >= 15 is 0 Å². The van der Waals surface area contributed by atoms with Crippen LogP contribution in [0.2, 0.25) is 5.02 Å². The van der Waals surface area contributed by atoms with Crippen molar-refractivity contribution in [3.8, 4) is 0 Å². The van der Waals surface area contributed by atoms with Gasteiger partial charge in [0.25, 0.3) is 0 Å². The van der Waals surface area contributed by atoms with Crippen LogP contribution in [0.4, 0.5) is 0 Å². The first-order valence-corrected chi connectivity index (χ1v) is 8.45. The Bertz CT molecular complexity index is 459. The van der Waals surface area contributed by atoms with E-state index in [9.17, 15) is 0 Å². The molecule has 0 radical (unpaired) electrons. The average molecular weight is 314 g/mol. The van der Waals surface area contributed by atoms with Gasteiger partial charge in [0.1, 0.15) is 0 Å². The maximum atomic E-state index is 6.52. The average Bonchev–Trinajstić information content (AvgIpc) is 2.63. The second kappa shape index (κ2) is 7.15. The summed E-state index contributed by atoms with van der Waals surface area (Å²) in [6.07, 6.45) is 4.21. The molecule has 0 aliphatic rings. The molecule has 1 N–H and O–H groups in total. The van der Waals surface area contributed by atoms with Crippen molar-refractivity contribution in [3.05, 3.63) is 16.4 Å². The number of aromatic nitrogens is 2. The second-order valence-corrected chi connectivity index (χ2v) is 7.90. The van der Waals surface area contributed by atoms with Crippen molar-refractivity contribution >= 4 is 11.6 Å². The number of aryl methyl sites for hydroxylation is 2. The predicted molar refractivity (Wildman–Crippen MR) is 92.1 cm³/mol. The van der Waals surface area contributed by atoms with E-state index < -0.39 is 0 Å². The molecule has 1 atom stereocenters. The summed E-state index contributed by atoms with van der Waals surface area (Å²) >= 11 is 6.52. The summed E-state index contributed by atoms with van der Waals surface area (Å²) in [6.45, 7) is 14.3. The Morgan fingerprint density at radius 1 is 1.19 bits per heavy atom. The van der Waals surface area contributed by atoms with E-state index in [1.165, 1.54) is 18.5 Å². The second-order valence-electron chi connectivity index (χ2n) is 7.53. The minimum absolute atomic E-state index is 0.139. The van der Waals surface area contributed by atoms with Crippen LogP contribution >= 0.6 is 11.6 Å². The lowest BCUT2D eigenvalue weighted by atomic mass is 9.80. The molecule has 0 aromatic carbocycles. The normalized spacial score (nSPS) is 15.2. The summed E-state index contributed by atoms with van der Waals surface area (Å²) in [6, 6.07) is 0. The Morgan fingerprint density at radius 2 is 1.81 bits per heavy atom. The van der Waals surface area contributed by atoms with E-state index in [2.05, 4.69) is 52.0 Å². The maximum Gasteiger partial charge on any atom is 0.0849 e. The van der Waals surface area contributed by atoms with Gasteiger partial charge in [-0.25, -0.2) is 0 Å². The van der Waals surface area contributed by atoms with Crippen LogP contribution in [0.1, 0.15) is 65.8 Å². The molecule has 122 valence electrons. The molecule has 0 bridgehead atoms. The van der Waals surface area contributed by atoms with Gasteiger partial charge in [-0.15, -0.1) is 0 Å². The smallest absolute Gasteiger partial charge is 0.0849 e. The van der Waals surface area contributed by atoms with E-state index in [-0.39, 0.29) is 11.0 Å². The number of rotatable bonds is 7. The lowest BCUT2D eigenvalue weighted by Gasteiger charge is -2.34. The molecule has 1 unspecified atom stereocenters. The molecule has 1 heterocycles. The highest BCUT2D eigenvalue weighted by Crippen LogP contribution is 2.32. The number of nitrogens with one attached hydrogen (secondary N) is 1. The van der Waals surface area contributed by atoms with Crippen LogP contribution in [-0.4, -0.2) is 21.9 Å². The monoisotopic (exact) mass is 313 g/mol. The van der Waals surface area contributed by atoms with Gasteiger partial charge >= 0.3 is 0 Å². The minimum atomic E-state index is 0.139. The van der Waals surface area contributed by atoms with Crippen molar-refractivity contribution < 1.29 is 0 Å². The lowest BCUT2D eigenvalue weighted by molar-refractivity contribution is 0.239. The van der Waals surface area contributed by atoms with Crippen LogP contribution in [-0.2, 0) is 19.9 Å². The Labute approximate surface area is 135 Å². The van der Waals surface area contributed by atoms with Crippen LogP contribution in [0.25, 0.3) is 0 Å². The highest BCUT2D eigenvalue weighted by Gasteiger charge is 2.29. The summed E-state index contributed by atoms with van der Waals surface area (Å²) in [5, 5.41) is 9.06. The van der Waals surface area contributed by atoms with Gasteiger partial charge in [0.2, 0.25) is 0 Å². The fourth-order valence-corrected chi connectivity index (χ4v) is 3.10. The van der Waals surface area contributed by atoms with Gasteiger partial charge in [-0.3, -0.25) is 4.68 Å². The van der Waals surface area contributed by atoms with Gasteiger partial charge < -0.3 is 5.32 Å². The molecule has 0 saturated heterocycles. The molecular formula is C17H32ClN3. The number of hydrogen-bond acceptors (Lipinski definition) is 2. The topological polar surface area (TPSA) is 29.9 Å². The standard InChI is InChI=1S/C17H32ClN3/c1-8-10-17(6,12-19-16(3,4)5)11-14-15(18)13(9-2)20-21(14)7/h19H,8-12H2,1-7H3. The third-order valence-electron chi connectivity index (χ3n) is 4.00. The largest absolute Gasteiger partial charge is 0.312 e. The van der Waals surface area contributed by atoms with Crippen molar-refractivity contribution in [2.45, 2.75) is 72.8 Å². The molecule has 0 amide bonds. The maximum absolute atomic E-state index is 6.52. The van der Waals surface area contributed by atoms with Crippen molar-refractivity contribution in [2.75, 3.05) is 6.54 Å². The lowest BCUT2D eigenvalue weighted by Crippen LogP contribution is -2.44. The minimum Gasteiger partial charge on any atom is -0.312 e. The molecule has 0 spiro atoms. The van der Waals surface area contributed by atoms with Gasteiger partial charge in [0.05, 0.1) is 16.4 Å². The van der Waals surface area contributed by atoms with Gasteiger partial charge in [0, 0.05) is 19.1 Å². The molecule has 1 aromatic heterocycles. The third kappa shape index (κ3) is 5.30. The quantitative estimate of drug-likeness (QED) is 0.810. The SMILES string of the molecule is CCCC(C)(CNC(C)(C)C)Cc1c(Cl)c(CC)nn1C. The Kier molecular flexibility index (Phi) is 6.30. The van der Waals surface area contributed by atoms with Crippen LogP contribution in [0.3, 0.4) is 0 Å². The molecule has 3 nitrogen and oxygen atoms in total. The van der Waals surface area contributed by atoms with Gasteiger partial charge in [-0.1, -0.05) is 38.8 Å². The number of hydrogen-bond donors (Lipinski definition) is 1. The Hall–Kier alpha value is -0.540. The molecule has 0 aliphatic heterocycles. The first kappa shape index (κ1) is 18.5. The van der Waals surface area contributed by atoms with Crippen molar-refractivity contribution in [2.24, 2.45) is 12.5 Å². The van der Waals surface area contributed by atoms with Gasteiger partial charge in [0.15, 0.2) is 0 Å². The highest BCUT2D eigenvalue weighted by atomic mass is 35.5. The summed E-state index contributed by atoms with van der Waals surface area (Å²) in [7, 11) is 2.00. The van der Waals surface area contributed by atoms with Crippen LogP contribution in [0.15, 0.2) is 0 Å². The Morgan fingerprint density at radius 3 is 2.24 bits per heavy atom. The molecule has 0 fully saturated rings. The first-order valence-electron chi connectivity index (χ1n) is 8.07. The van der Waals surface area contributed by atoms with Crippen molar-refractivity contribution in [3.63, 3.8) is 0 Å². The van der Waals surface area contributed by atoms with Crippen molar-refractivity contribution in [1.29, 1.82) is 0 Å². The Balaban J connectivity index is 2.94. The molecular weight excluding hydrogens is 282 g/mol. The summed E-state index contributed by atoms with van der Waals surface area (Å²) in [5.74, 6) is 0. The number of halogens is 1. The van der Waals surface area contributed by atoms with Crippen LogP contribution < -0.4 is 5.32 Å². The molecule has 0 aliphatic carbocycles. The van der Waals surface area contributed by atoms with E-state index in [1.54, 1.807) is 0 Å². The fourth-order valence-electron chi connectivity index (χ4n) is 2.74. The van der Waals surface area contributed by atoms with E-state index in [4.69, 9.17) is 11.6 Å². The van der Waals surface area contributed by atoms with Gasteiger partial charge in [-0.2, -0.15) is 5.10 Å².